The second-order valence-corrected chi connectivity index (χ2v) is 13.6. The van der Waals surface area contributed by atoms with Crippen LogP contribution in [-0.4, -0.2) is 39.1 Å². The van der Waals surface area contributed by atoms with Crippen LogP contribution in [-0.2, 0) is 6.54 Å². The molecule has 0 bridgehead atoms. The van der Waals surface area contributed by atoms with Crippen LogP contribution in [0.5, 0.6) is 0 Å². The van der Waals surface area contributed by atoms with Crippen molar-refractivity contribution in [3.8, 4) is 11.4 Å². The van der Waals surface area contributed by atoms with E-state index < -0.39 is 0 Å². The molecule has 6 rings (SSSR count). The quantitative estimate of drug-likeness (QED) is 0.0445. The van der Waals surface area contributed by atoms with Crippen molar-refractivity contribution in [1.82, 2.24) is 15.0 Å². The average Bonchev–Trinajstić information content (AvgIpc) is 3.79. The van der Waals surface area contributed by atoms with E-state index in [1.54, 1.807) is 29.7 Å². The predicted octanol–water partition coefficient (Wildman–Crippen LogP) is 7.80. The monoisotopic (exact) mass is 657 g/mol. The largest absolute Gasteiger partial charge is 0.383 e. The Kier molecular flexibility index (Phi) is 10.2. The van der Waals surface area contributed by atoms with Crippen LogP contribution >= 0.6 is 46.2 Å². The van der Waals surface area contributed by atoms with Crippen LogP contribution in [0.25, 0.3) is 22.3 Å². The minimum Gasteiger partial charge on any atom is -0.383 e. The number of para-hydroxylation sites is 1. The third kappa shape index (κ3) is 7.61. The first-order chi connectivity index (χ1) is 21.3. The Morgan fingerprint density at radius 2 is 1.48 bits per heavy atom. The molecule has 4 heterocycles. The van der Waals surface area contributed by atoms with Crippen LogP contribution in [0.15, 0.2) is 93.5 Å². The first kappa shape index (κ1) is 31.1. The highest BCUT2D eigenvalue weighted by Gasteiger charge is 2.12. The molecule has 2 aromatic carbocycles. The van der Waals surface area contributed by atoms with Crippen molar-refractivity contribution < 1.29 is 0 Å². The summed E-state index contributed by atoms with van der Waals surface area (Å²) in [5, 5.41) is 22.9. The van der Waals surface area contributed by atoms with Crippen molar-refractivity contribution >= 4 is 86.0 Å². The highest BCUT2D eigenvalue weighted by molar-refractivity contribution is 8.00. The SMILES string of the molecule is CSc1sc(C(=N)N)cc1NCc1ccc2ccccc2n1.CSc1sc(C(=N)N)cc1Nc1cnc(-c2ccccc2)[nH]1. The number of nitrogen functional groups attached to an aromatic ring is 2. The summed E-state index contributed by atoms with van der Waals surface area (Å²) in [5.74, 6) is 1.82. The molecule has 0 aliphatic carbocycles. The van der Waals surface area contributed by atoms with Gasteiger partial charge < -0.3 is 27.1 Å². The molecule has 0 saturated heterocycles. The van der Waals surface area contributed by atoms with E-state index in [1.807, 2.05) is 79.2 Å². The molecule has 0 aliphatic heterocycles. The van der Waals surface area contributed by atoms with Crippen LogP contribution in [0.3, 0.4) is 0 Å². The number of thiophene rings is 2. The summed E-state index contributed by atoms with van der Waals surface area (Å²) in [7, 11) is 0. The third-order valence-electron chi connectivity index (χ3n) is 6.31. The van der Waals surface area contributed by atoms with Gasteiger partial charge in [0.2, 0.25) is 0 Å². The highest BCUT2D eigenvalue weighted by Crippen LogP contribution is 2.37. The van der Waals surface area contributed by atoms with Gasteiger partial charge in [-0.1, -0.05) is 54.6 Å². The fourth-order valence-electron chi connectivity index (χ4n) is 4.19. The van der Waals surface area contributed by atoms with Crippen LogP contribution in [0.1, 0.15) is 15.4 Å². The highest BCUT2D eigenvalue weighted by atomic mass is 32.2. The number of pyridine rings is 1. The van der Waals surface area contributed by atoms with Gasteiger partial charge in [-0.3, -0.25) is 15.8 Å². The normalized spacial score (nSPS) is 10.7. The summed E-state index contributed by atoms with van der Waals surface area (Å²) in [6, 6.07) is 26.0. The minimum atomic E-state index is 0.0861. The lowest BCUT2D eigenvalue weighted by Crippen LogP contribution is -2.08. The fraction of sp³-hybridized carbons (Fsp3) is 0.0968. The number of hydrogen-bond acceptors (Lipinski definition) is 10. The number of imidazole rings is 1. The summed E-state index contributed by atoms with van der Waals surface area (Å²) >= 11 is 6.32. The first-order valence-corrected chi connectivity index (χ1v) is 17.4. The molecule has 224 valence electrons. The van der Waals surface area contributed by atoms with E-state index in [0.717, 1.165) is 63.3 Å². The van der Waals surface area contributed by atoms with Gasteiger partial charge >= 0.3 is 0 Å². The Bertz CT molecular complexity index is 1890. The molecule has 9 N–H and O–H groups in total. The second kappa shape index (κ2) is 14.4. The zero-order valence-corrected chi connectivity index (χ0v) is 27.2. The van der Waals surface area contributed by atoms with Crippen LogP contribution in [0.2, 0.25) is 0 Å². The summed E-state index contributed by atoms with van der Waals surface area (Å²) < 4.78 is 2.21. The molecule has 0 unspecified atom stereocenters. The van der Waals surface area contributed by atoms with Crippen molar-refractivity contribution in [3.63, 3.8) is 0 Å². The lowest BCUT2D eigenvalue weighted by atomic mass is 10.2. The Balaban J connectivity index is 0.000000175. The summed E-state index contributed by atoms with van der Waals surface area (Å²) in [6.45, 7) is 0.645. The molecule has 0 spiro atoms. The van der Waals surface area contributed by atoms with Crippen LogP contribution < -0.4 is 22.1 Å². The van der Waals surface area contributed by atoms with E-state index in [1.165, 1.54) is 22.7 Å². The van der Waals surface area contributed by atoms with Gasteiger partial charge in [-0.05, 0) is 36.8 Å². The summed E-state index contributed by atoms with van der Waals surface area (Å²) in [6.07, 6.45) is 5.79. The minimum absolute atomic E-state index is 0.0861. The standard InChI is InChI=1S/C16H16N4S2.C15H15N5S2/c1-21-16-13(8-14(22-16)15(17)18)19-9-11-7-6-10-4-2-3-5-12(10)20-11;1-21-15-10(7-11(22-15)13(16)17)19-12-8-18-14(20-12)9-5-3-2-4-6-9/h2-8,19H,9H2,1H3,(H3,17,18);2-8,19H,1H3,(H3,16,17)(H,18,20). The third-order valence-corrected chi connectivity index (χ3v) is 10.9. The van der Waals surface area contributed by atoms with E-state index in [-0.39, 0.29) is 11.7 Å². The molecule has 0 saturated carbocycles. The van der Waals surface area contributed by atoms with E-state index in [2.05, 4.69) is 37.7 Å². The molecule has 9 nitrogen and oxygen atoms in total. The van der Waals surface area contributed by atoms with Gasteiger partial charge in [0, 0.05) is 10.9 Å². The van der Waals surface area contributed by atoms with Gasteiger partial charge in [-0.25, -0.2) is 4.98 Å². The molecule has 0 fully saturated rings. The van der Waals surface area contributed by atoms with Gasteiger partial charge in [0.15, 0.2) is 0 Å². The maximum Gasteiger partial charge on any atom is 0.138 e. The zero-order chi connectivity index (χ0) is 31.1. The molecular formula is C31H31N9S4. The predicted molar refractivity (Wildman–Crippen MR) is 191 cm³/mol. The van der Waals surface area contributed by atoms with Gasteiger partial charge in [-0.2, -0.15) is 0 Å². The van der Waals surface area contributed by atoms with Crippen molar-refractivity contribution in [2.75, 3.05) is 23.1 Å². The van der Waals surface area contributed by atoms with Crippen LogP contribution in [0.4, 0.5) is 17.2 Å². The molecule has 4 aromatic heterocycles. The second-order valence-electron chi connectivity index (χ2n) is 9.34. The van der Waals surface area contributed by atoms with E-state index in [0.29, 0.717) is 6.54 Å². The zero-order valence-electron chi connectivity index (χ0n) is 24.0. The van der Waals surface area contributed by atoms with E-state index >= 15 is 0 Å². The molecule has 0 atom stereocenters. The van der Waals surface area contributed by atoms with Gasteiger partial charge in [-0.15, -0.1) is 46.2 Å². The molecule has 0 amide bonds. The molecular weight excluding hydrogens is 627 g/mol. The number of amidine groups is 2. The smallest absolute Gasteiger partial charge is 0.138 e. The first-order valence-electron chi connectivity index (χ1n) is 13.3. The number of benzene rings is 2. The molecule has 0 aliphatic rings. The lowest BCUT2D eigenvalue weighted by molar-refractivity contribution is 1.06. The van der Waals surface area contributed by atoms with Crippen molar-refractivity contribution in [2.24, 2.45) is 11.5 Å². The number of H-pyrrole nitrogens is 1. The number of nitrogens with two attached hydrogens (primary N) is 2. The molecule has 0 radical (unpaired) electrons. The Labute approximate surface area is 271 Å². The van der Waals surface area contributed by atoms with Crippen molar-refractivity contribution in [1.29, 1.82) is 10.8 Å². The molecule has 44 heavy (non-hydrogen) atoms. The number of anilines is 3. The number of fused-ring (bicyclic) bond motifs is 1. The Morgan fingerprint density at radius 1 is 0.841 bits per heavy atom. The fourth-order valence-corrected chi connectivity index (χ4v) is 7.51. The number of aromatic amines is 1. The number of aromatic nitrogens is 3. The maximum absolute atomic E-state index is 7.55. The van der Waals surface area contributed by atoms with Gasteiger partial charge in [0.05, 0.1) is 53.5 Å². The van der Waals surface area contributed by atoms with Crippen molar-refractivity contribution in [3.05, 3.63) is 101 Å². The van der Waals surface area contributed by atoms with Crippen molar-refractivity contribution in [2.45, 2.75) is 15.0 Å². The molecule has 6 aromatic rings. The topological polar surface area (TPSA) is 165 Å². The lowest BCUT2D eigenvalue weighted by Gasteiger charge is -2.06. The average molecular weight is 658 g/mol. The summed E-state index contributed by atoms with van der Waals surface area (Å²) in [5.41, 5.74) is 16.1. The Hall–Kier alpha value is -4.30. The molecule has 13 heteroatoms. The number of rotatable bonds is 10. The van der Waals surface area contributed by atoms with E-state index in [4.69, 9.17) is 22.3 Å². The van der Waals surface area contributed by atoms with E-state index in [9.17, 15) is 0 Å². The number of nitrogens with one attached hydrogen (secondary N) is 5. The van der Waals surface area contributed by atoms with Gasteiger partial charge in [0.1, 0.15) is 23.3 Å². The number of thioether (sulfide) groups is 2. The van der Waals surface area contributed by atoms with Gasteiger partial charge in [0.25, 0.3) is 0 Å². The number of nitrogens with zero attached hydrogens (tertiary/aromatic N) is 2. The number of hydrogen-bond donors (Lipinski definition) is 7. The maximum atomic E-state index is 7.55. The summed E-state index contributed by atoms with van der Waals surface area (Å²) in [4.78, 5) is 13.9. The Morgan fingerprint density at radius 3 is 2.16 bits per heavy atom. The van der Waals surface area contributed by atoms with Crippen LogP contribution in [0, 0.1) is 10.8 Å².